The van der Waals surface area contributed by atoms with Gasteiger partial charge in [-0.2, -0.15) is 0 Å². The second-order valence-corrected chi connectivity index (χ2v) is 5.66. The minimum absolute atomic E-state index is 0.335. The summed E-state index contributed by atoms with van der Waals surface area (Å²) in [5.74, 6) is 1.20. The fraction of sp³-hybridized carbons (Fsp3) is 0.600. The molecule has 3 rings (SSSR count). The van der Waals surface area contributed by atoms with Crippen LogP contribution in [0.4, 0.5) is 0 Å². The van der Waals surface area contributed by atoms with E-state index in [0.717, 1.165) is 18.8 Å². The van der Waals surface area contributed by atoms with Gasteiger partial charge in [0, 0.05) is 24.9 Å². The van der Waals surface area contributed by atoms with Crippen LogP contribution < -0.4 is 0 Å². The van der Waals surface area contributed by atoms with E-state index in [1.165, 1.54) is 24.8 Å². The lowest BCUT2D eigenvalue weighted by atomic mass is 9.91. The lowest BCUT2D eigenvalue weighted by molar-refractivity contribution is 0.192. The Morgan fingerprint density at radius 2 is 2.16 bits per heavy atom. The molecule has 4 heteroatoms. The van der Waals surface area contributed by atoms with Crippen LogP contribution in [0, 0.1) is 11.8 Å². The third kappa shape index (κ3) is 2.25. The van der Waals surface area contributed by atoms with E-state index < -0.39 is 0 Å². The van der Waals surface area contributed by atoms with Crippen molar-refractivity contribution in [2.24, 2.45) is 17.0 Å². The normalized spacial score (nSPS) is 31.5. The molecule has 2 bridgehead atoms. The van der Waals surface area contributed by atoms with Gasteiger partial charge >= 0.3 is 0 Å². The number of oxime groups is 1. The van der Waals surface area contributed by atoms with Crippen molar-refractivity contribution in [2.75, 3.05) is 6.54 Å². The Morgan fingerprint density at radius 3 is 2.84 bits per heavy atom. The molecule has 0 saturated heterocycles. The van der Waals surface area contributed by atoms with Gasteiger partial charge in [0.05, 0.1) is 11.8 Å². The molecule has 1 N–H and O–H groups in total. The molecule has 0 spiro atoms. The summed E-state index contributed by atoms with van der Waals surface area (Å²) in [5.41, 5.74) is 2.30. The van der Waals surface area contributed by atoms with Gasteiger partial charge in [0.1, 0.15) is 0 Å². The molecule has 1 aromatic heterocycles. The molecule has 2 aliphatic rings. The zero-order valence-electron chi connectivity index (χ0n) is 11.4. The van der Waals surface area contributed by atoms with Crippen molar-refractivity contribution in [3.63, 3.8) is 0 Å². The highest BCUT2D eigenvalue weighted by Crippen LogP contribution is 2.45. The molecule has 0 radical (unpaired) electrons. The minimum atomic E-state index is 0.335. The monoisotopic (exact) mass is 259 g/mol. The lowest BCUT2D eigenvalue weighted by Gasteiger charge is -2.34. The van der Waals surface area contributed by atoms with Crippen LogP contribution in [0.3, 0.4) is 0 Å². The molecule has 102 valence electrons. The van der Waals surface area contributed by atoms with E-state index in [9.17, 15) is 5.21 Å². The van der Waals surface area contributed by atoms with Gasteiger partial charge in [0.2, 0.25) is 0 Å². The molecule has 0 aromatic carbocycles. The molecule has 19 heavy (non-hydrogen) atoms. The average Bonchev–Trinajstić information content (AvgIpc) is 3.06. The maximum atomic E-state index is 9.32. The van der Waals surface area contributed by atoms with Crippen LogP contribution in [0.2, 0.25) is 0 Å². The summed E-state index contributed by atoms with van der Waals surface area (Å²) in [6.45, 7) is 4.07. The summed E-state index contributed by atoms with van der Waals surface area (Å²) in [4.78, 5) is 6.50. The van der Waals surface area contributed by atoms with Crippen LogP contribution >= 0.6 is 0 Å². The van der Waals surface area contributed by atoms with E-state index in [1.54, 1.807) is 0 Å². The molecule has 0 unspecified atom stereocenters. The first kappa shape index (κ1) is 12.6. The quantitative estimate of drug-likeness (QED) is 0.667. The fourth-order valence-corrected chi connectivity index (χ4v) is 3.81. The molecule has 2 saturated carbocycles. The van der Waals surface area contributed by atoms with Gasteiger partial charge in [-0.25, -0.2) is 0 Å². The highest BCUT2D eigenvalue weighted by atomic mass is 16.4. The summed E-state index contributed by atoms with van der Waals surface area (Å²) in [6.07, 6.45) is 7.36. The minimum Gasteiger partial charge on any atom is -0.411 e. The number of hydrogen-bond donors (Lipinski definition) is 1. The second kappa shape index (κ2) is 5.29. The number of aromatic nitrogens is 1. The van der Waals surface area contributed by atoms with Gasteiger partial charge in [-0.05, 0) is 49.4 Å². The van der Waals surface area contributed by atoms with Gasteiger partial charge in [0.25, 0.3) is 0 Å². The van der Waals surface area contributed by atoms with Crippen molar-refractivity contribution in [1.29, 1.82) is 0 Å². The maximum Gasteiger partial charge on any atom is 0.0775 e. The average molecular weight is 259 g/mol. The predicted octanol–water partition coefficient (Wildman–Crippen LogP) is 2.53. The van der Waals surface area contributed by atoms with Crippen molar-refractivity contribution >= 4 is 5.71 Å². The Hall–Kier alpha value is -1.42. The summed E-state index contributed by atoms with van der Waals surface area (Å²) >= 11 is 0. The molecule has 2 fully saturated rings. The molecule has 1 heterocycles. The third-order valence-electron chi connectivity index (χ3n) is 4.69. The van der Waals surface area contributed by atoms with E-state index >= 15 is 0 Å². The Balaban J connectivity index is 1.79. The van der Waals surface area contributed by atoms with Crippen molar-refractivity contribution in [3.05, 3.63) is 30.1 Å². The zero-order chi connectivity index (χ0) is 13.2. The van der Waals surface area contributed by atoms with E-state index in [0.29, 0.717) is 17.9 Å². The highest BCUT2D eigenvalue weighted by molar-refractivity contribution is 5.94. The van der Waals surface area contributed by atoms with Crippen LogP contribution in [0.25, 0.3) is 0 Å². The molecule has 0 amide bonds. The Kier molecular flexibility index (Phi) is 3.51. The van der Waals surface area contributed by atoms with E-state index in [-0.39, 0.29) is 0 Å². The predicted molar refractivity (Wildman–Crippen MR) is 74.2 cm³/mol. The number of rotatable bonds is 4. The summed E-state index contributed by atoms with van der Waals surface area (Å²) in [7, 11) is 0. The van der Waals surface area contributed by atoms with E-state index in [2.05, 4.69) is 34.1 Å². The van der Waals surface area contributed by atoms with Crippen molar-refractivity contribution in [1.82, 2.24) is 9.88 Å². The Morgan fingerprint density at radius 1 is 1.37 bits per heavy atom. The molecule has 0 aliphatic heterocycles. The molecule has 2 aliphatic carbocycles. The summed E-state index contributed by atoms with van der Waals surface area (Å²) in [5, 5.41) is 12.9. The van der Waals surface area contributed by atoms with Crippen molar-refractivity contribution < 1.29 is 5.21 Å². The molecule has 4 nitrogen and oxygen atoms in total. The standard InChI is InChI=1S/C15H21N3O/c1-2-18(10-11-5-7-16-8-6-11)15-13-4-3-12(9-13)14(15)17-19/h5-8,12-13,15,19H,2-4,9-10H2,1H3/b17-14+/t12-,13-,15-/m0/s1. The molecular weight excluding hydrogens is 238 g/mol. The smallest absolute Gasteiger partial charge is 0.0775 e. The first-order valence-corrected chi connectivity index (χ1v) is 7.18. The maximum absolute atomic E-state index is 9.32. The second-order valence-electron chi connectivity index (χ2n) is 5.66. The number of pyridine rings is 1. The van der Waals surface area contributed by atoms with E-state index in [1.807, 2.05) is 12.4 Å². The van der Waals surface area contributed by atoms with Crippen LogP contribution in [-0.4, -0.2) is 33.4 Å². The third-order valence-corrected chi connectivity index (χ3v) is 4.69. The van der Waals surface area contributed by atoms with Crippen LogP contribution in [0.5, 0.6) is 0 Å². The number of nitrogens with zero attached hydrogens (tertiary/aromatic N) is 3. The SMILES string of the molecule is CCN(Cc1ccncc1)[C@@H]1/C(=N/O)[C@H]2CC[C@H]1C2. The molecule has 1 aromatic rings. The van der Waals surface area contributed by atoms with Crippen LogP contribution in [0.1, 0.15) is 31.7 Å². The van der Waals surface area contributed by atoms with Gasteiger partial charge in [-0.1, -0.05) is 12.1 Å². The molecular formula is C15H21N3O. The largest absolute Gasteiger partial charge is 0.411 e. The topological polar surface area (TPSA) is 48.7 Å². The first-order valence-electron chi connectivity index (χ1n) is 7.18. The zero-order valence-corrected chi connectivity index (χ0v) is 11.4. The number of fused-ring (bicyclic) bond motifs is 2. The number of hydrogen-bond acceptors (Lipinski definition) is 4. The fourth-order valence-electron chi connectivity index (χ4n) is 3.81. The van der Waals surface area contributed by atoms with Crippen LogP contribution in [-0.2, 0) is 6.54 Å². The van der Waals surface area contributed by atoms with Crippen molar-refractivity contribution in [2.45, 2.75) is 38.8 Å². The molecule has 3 atom stereocenters. The van der Waals surface area contributed by atoms with Gasteiger partial charge in [-0.15, -0.1) is 0 Å². The van der Waals surface area contributed by atoms with Gasteiger partial charge in [-0.3, -0.25) is 9.88 Å². The van der Waals surface area contributed by atoms with Gasteiger partial charge in [0.15, 0.2) is 0 Å². The lowest BCUT2D eigenvalue weighted by Crippen LogP contribution is -2.44. The van der Waals surface area contributed by atoms with Gasteiger partial charge < -0.3 is 5.21 Å². The summed E-state index contributed by atoms with van der Waals surface area (Å²) in [6, 6.07) is 4.46. The summed E-state index contributed by atoms with van der Waals surface area (Å²) < 4.78 is 0. The Labute approximate surface area is 114 Å². The van der Waals surface area contributed by atoms with Crippen molar-refractivity contribution in [3.8, 4) is 0 Å². The highest BCUT2D eigenvalue weighted by Gasteiger charge is 2.47. The van der Waals surface area contributed by atoms with E-state index in [4.69, 9.17) is 0 Å². The first-order chi connectivity index (χ1) is 9.33. The Bertz CT molecular complexity index is 460. The van der Waals surface area contributed by atoms with Crippen LogP contribution in [0.15, 0.2) is 29.7 Å².